The van der Waals surface area contributed by atoms with Gasteiger partial charge in [-0.1, -0.05) is 42.5 Å². The van der Waals surface area contributed by atoms with Crippen LogP contribution in [0.15, 0.2) is 77.9 Å². The fourth-order valence-corrected chi connectivity index (χ4v) is 2.49. The lowest BCUT2D eigenvalue weighted by Gasteiger charge is -2.07. The van der Waals surface area contributed by atoms with Gasteiger partial charge in [-0.25, -0.2) is 9.82 Å². The highest BCUT2D eigenvalue weighted by Crippen LogP contribution is 2.14. The van der Waals surface area contributed by atoms with Crippen molar-refractivity contribution in [3.05, 3.63) is 101 Å². The Bertz CT molecular complexity index is 953. The summed E-state index contributed by atoms with van der Waals surface area (Å²) in [5.41, 5.74) is 5.67. The van der Waals surface area contributed by atoms with Gasteiger partial charge in [-0.05, 0) is 53.9 Å². The van der Waals surface area contributed by atoms with Crippen LogP contribution in [0.5, 0.6) is 5.75 Å². The van der Waals surface area contributed by atoms with Crippen molar-refractivity contribution in [3.8, 4) is 5.75 Å². The monoisotopic (exact) mass is 362 g/mol. The molecule has 136 valence electrons. The van der Waals surface area contributed by atoms with Gasteiger partial charge in [0.2, 0.25) is 0 Å². The van der Waals surface area contributed by atoms with Gasteiger partial charge in [0.25, 0.3) is 5.91 Å². The van der Waals surface area contributed by atoms with Gasteiger partial charge in [-0.15, -0.1) is 0 Å². The summed E-state index contributed by atoms with van der Waals surface area (Å²) in [5, 5.41) is 4.01. The number of nitrogens with zero attached hydrogens (tertiary/aromatic N) is 1. The van der Waals surface area contributed by atoms with Crippen molar-refractivity contribution in [2.45, 2.75) is 13.5 Å². The van der Waals surface area contributed by atoms with Crippen molar-refractivity contribution in [3.63, 3.8) is 0 Å². The van der Waals surface area contributed by atoms with E-state index in [1.54, 1.807) is 24.4 Å². The van der Waals surface area contributed by atoms with Crippen molar-refractivity contribution in [1.29, 1.82) is 0 Å². The van der Waals surface area contributed by atoms with Crippen LogP contribution in [-0.2, 0) is 6.61 Å². The first-order valence-electron chi connectivity index (χ1n) is 8.48. The third-order valence-electron chi connectivity index (χ3n) is 3.95. The lowest BCUT2D eigenvalue weighted by atomic mass is 10.1. The molecule has 0 aliphatic rings. The van der Waals surface area contributed by atoms with E-state index in [0.717, 1.165) is 16.7 Å². The number of ether oxygens (including phenoxy) is 1. The number of benzene rings is 3. The Kier molecular flexibility index (Phi) is 5.94. The normalized spacial score (nSPS) is 10.7. The molecule has 27 heavy (non-hydrogen) atoms. The van der Waals surface area contributed by atoms with Gasteiger partial charge in [0.05, 0.1) is 6.21 Å². The van der Waals surface area contributed by atoms with E-state index in [-0.39, 0.29) is 11.7 Å². The smallest absolute Gasteiger partial charge is 0.271 e. The molecule has 0 aliphatic carbocycles. The third kappa shape index (κ3) is 5.25. The van der Waals surface area contributed by atoms with Crippen molar-refractivity contribution in [2.24, 2.45) is 5.10 Å². The Labute approximate surface area is 157 Å². The molecule has 0 radical (unpaired) electrons. The zero-order valence-corrected chi connectivity index (χ0v) is 14.9. The Morgan fingerprint density at radius 3 is 2.63 bits per heavy atom. The molecule has 3 rings (SSSR count). The number of carbonyl (C=O) groups excluding carboxylic acids is 1. The number of hydrogen-bond acceptors (Lipinski definition) is 3. The van der Waals surface area contributed by atoms with Crippen LogP contribution in [0.25, 0.3) is 0 Å². The standard InChI is InChI=1S/C22H19FN2O2/c1-16-5-2-3-8-21(16)22(26)25-24-14-18-6-4-7-20(13-18)27-15-17-9-11-19(23)12-10-17/h2-14H,15H2,1H3,(H,25,26)/b24-14+. The number of aryl methyl sites for hydroxylation is 1. The Morgan fingerprint density at radius 1 is 1.07 bits per heavy atom. The molecule has 0 unspecified atom stereocenters. The SMILES string of the molecule is Cc1ccccc1C(=O)N/N=C/c1cccc(OCc2ccc(F)cc2)c1. The Hall–Kier alpha value is -3.47. The number of carbonyl (C=O) groups is 1. The lowest BCUT2D eigenvalue weighted by Crippen LogP contribution is -2.18. The Morgan fingerprint density at radius 2 is 1.85 bits per heavy atom. The van der Waals surface area contributed by atoms with Crippen LogP contribution in [0.2, 0.25) is 0 Å². The molecule has 0 fully saturated rings. The summed E-state index contributed by atoms with van der Waals surface area (Å²) in [4.78, 5) is 12.1. The van der Waals surface area contributed by atoms with Crippen LogP contribution in [0, 0.1) is 12.7 Å². The van der Waals surface area contributed by atoms with Gasteiger partial charge in [-0.3, -0.25) is 4.79 Å². The van der Waals surface area contributed by atoms with E-state index < -0.39 is 0 Å². The summed E-state index contributed by atoms with van der Waals surface area (Å²) >= 11 is 0. The van der Waals surface area contributed by atoms with E-state index in [9.17, 15) is 9.18 Å². The van der Waals surface area contributed by atoms with Gasteiger partial charge >= 0.3 is 0 Å². The molecule has 0 spiro atoms. The van der Waals surface area contributed by atoms with E-state index in [1.165, 1.54) is 12.1 Å². The summed E-state index contributed by atoms with van der Waals surface area (Å²) in [6, 6.07) is 20.8. The summed E-state index contributed by atoms with van der Waals surface area (Å²) in [6.45, 7) is 2.21. The van der Waals surface area contributed by atoms with Crippen molar-refractivity contribution < 1.29 is 13.9 Å². The molecule has 0 bridgehead atoms. The van der Waals surface area contributed by atoms with Gasteiger partial charge < -0.3 is 4.74 Å². The second kappa shape index (κ2) is 8.76. The number of hydrogen-bond donors (Lipinski definition) is 1. The first kappa shape index (κ1) is 18.3. The number of hydrazone groups is 1. The van der Waals surface area contributed by atoms with Gasteiger partial charge in [-0.2, -0.15) is 5.10 Å². The summed E-state index contributed by atoms with van der Waals surface area (Å²) < 4.78 is 18.6. The fourth-order valence-electron chi connectivity index (χ4n) is 2.49. The van der Waals surface area contributed by atoms with Crippen LogP contribution in [-0.4, -0.2) is 12.1 Å². The van der Waals surface area contributed by atoms with Crippen LogP contribution in [0.4, 0.5) is 4.39 Å². The molecule has 0 aromatic heterocycles. The molecule has 0 saturated carbocycles. The fraction of sp³-hybridized carbons (Fsp3) is 0.0909. The van der Waals surface area contributed by atoms with E-state index in [0.29, 0.717) is 17.9 Å². The van der Waals surface area contributed by atoms with Gasteiger partial charge in [0.1, 0.15) is 18.2 Å². The summed E-state index contributed by atoms with van der Waals surface area (Å²) in [6.07, 6.45) is 1.56. The maximum Gasteiger partial charge on any atom is 0.271 e. The zero-order valence-electron chi connectivity index (χ0n) is 14.9. The second-order valence-corrected chi connectivity index (χ2v) is 6.00. The predicted octanol–water partition coefficient (Wildman–Crippen LogP) is 4.48. The van der Waals surface area contributed by atoms with E-state index >= 15 is 0 Å². The molecule has 1 N–H and O–H groups in total. The van der Waals surface area contributed by atoms with E-state index in [2.05, 4.69) is 10.5 Å². The number of nitrogens with one attached hydrogen (secondary N) is 1. The number of rotatable bonds is 6. The molecule has 0 atom stereocenters. The molecular weight excluding hydrogens is 343 g/mol. The third-order valence-corrected chi connectivity index (χ3v) is 3.95. The summed E-state index contributed by atoms with van der Waals surface area (Å²) in [7, 11) is 0. The average molecular weight is 362 g/mol. The highest BCUT2D eigenvalue weighted by Gasteiger charge is 2.06. The highest BCUT2D eigenvalue weighted by molar-refractivity contribution is 5.96. The molecule has 3 aromatic rings. The van der Waals surface area contributed by atoms with E-state index in [4.69, 9.17) is 4.74 Å². The minimum atomic E-state index is -0.273. The van der Waals surface area contributed by atoms with E-state index in [1.807, 2.05) is 49.4 Å². The van der Waals surface area contributed by atoms with Crippen LogP contribution < -0.4 is 10.2 Å². The van der Waals surface area contributed by atoms with Crippen molar-refractivity contribution in [2.75, 3.05) is 0 Å². The zero-order chi connectivity index (χ0) is 19.1. The lowest BCUT2D eigenvalue weighted by molar-refractivity contribution is 0.0954. The highest BCUT2D eigenvalue weighted by atomic mass is 19.1. The van der Waals surface area contributed by atoms with Gasteiger partial charge in [0.15, 0.2) is 0 Å². The molecule has 5 heteroatoms. The maximum absolute atomic E-state index is 12.9. The average Bonchev–Trinajstić information content (AvgIpc) is 2.68. The van der Waals surface area contributed by atoms with Crippen LogP contribution >= 0.6 is 0 Å². The van der Waals surface area contributed by atoms with Crippen LogP contribution in [0.1, 0.15) is 27.0 Å². The first-order chi connectivity index (χ1) is 13.1. The molecule has 1 amide bonds. The molecular formula is C22H19FN2O2. The number of halogens is 1. The van der Waals surface area contributed by atoms with Crippen LogP contribution in [0.3, 0.4) is 0 Å². The second-order valence-electron chi connectivity index (χ2n) is 6.00. The molecule has 0 aliphatic heterocycles. The molecule has 4 nitrogen and oxygen atoms in total. The Balaban J connectivity index is 1.58. The predicted molar refractivity (Wildman–Crippen MR) is 103 cm³/mol. The van der Waals surface area contributed by atoms with Crippen molar-refractivity contribution >= 4 is 12.1 Å². The molecule has 0 saturated heterocycles. The quantitative estimate of drug-likeness (QED) is 0.519. The maximum atomic E-state index is 12.9. The minimum Gasteiger partial charge on any atom is -0.489 e. The van der Waals surface area contributed by atoms with Crippen molar-refractivity contribution in [1.82, 2.24) is 5.43 Å². The topological polar surface area (TPSA) is 50.7 Å². The molecule has 0 heterocycles. The number of amides is 1. The first-order valence-corrected chi connectivity index (χ1v) is 8.48. The minimum absolute atomic E-state index is 0.256. The summed E-state index contributed by atoms with van der Waals surface area (Å²) in [5.74, 6) is 0.131. The van der Waals surface area contributed by atoms with Gasteiger partial charge in [0, 0.05) is 5.56 Å². The molecule has 3 aromatic carbocycles. The largest absolute Gasteiger partial charge is 0.489 e.